The van der Waals surface area contributed by atoms with E-state index in [0.29, 0.717) is 0 Å². The number of nitrogens with one attached hydrogen (secondary N) is 1. The molecule has 0 aromatic heterocycles. The van der Waals surface area contributed by atoms with Crippen molar-refractivity contribution in [1.82, 2.24) is 4.83 Å². The van der Waals surface area contributed by atoms with Crippen LogP contribution in [0.15, 0.2) is 34.3 Å². The molecule has 5 heteroatoms. The van der Waals surface area contributed by atoms with Crippen LogP contribution < -0.4 is 4.83 Å². The van der Waals surface area contributed by atoms with Crippen LogP contribution in [0.3, 0.4) is 0 Å². The first-order chi connectivity index (χ1) is 8.49. The molecule has 0 aliphatic carbocycles. The second kappa shape index (κ2) is 6.54. The Bertz CT molecular complexity index is 504. The van der Waals surface area contributed by atoms with Gasteiger partial charge in [-0.05, 0) is 31.9 Å². The van der Waals surface area contributed by atoms with Crippen LogP contribution in [0.5, 0.6) is 0 Å². The molecule has 1 aromatic carbocycles. The molecule has 0 saturated heterocycles. The number of benzene rings is 1. The molecule has 0 aliphatic heterocycles. The average molecular weight is 268 g/mol. The van der Waals surface area contributed by atoms with E-state index in [2.05, 4.69) is 9.93 Å². The summed E-state index contributed by atoms with van der Waals surface area (Å²) in [5.41, 5.74) is 1.89. The summed E-state index contributed by atoms with van der Waals surface area (Å²) in [6.07, 6.45) is 2.52. The Morgan fingerprint density at radius 2 is 1.83 bits per heavy atom. The third kappa shape index (κ3) is 4.14. The van der Waals surface area contributed by atoms with Crippen molar-refractivity contribution in [2.75, 3.05) is 0 Å². The topological polar surface area (TPSA) is 58.5 Å². The molecule has 0 amide bonds. The van der Waals surface area contributed by atoms with Crippen molar-refractivity contribution >= 4 is 15.7 Å². The molecule has 0 saturated carbocycles. The number of hydrogen-bond acceptors (Lipinski definition) is 3. The van der Waals surface area contributed by atoms with Crippen LogP contribution in [0, 0.1) is 6.92 Å². The molecular formula is C13H20N2O2S. The van der Waals surface area contributed by atoms with Crippen LogP contribution in [-0.2, 0) is 10.0 Å². The highest BCUT2D eigenvalue weighted by atomic mass is 32.2. The first kappa shape index (κ1) is 14.7. The quantitative estimate of drug-likeness (QED) is 0.637. The van der Waals surface area contributed by atoms with Gasteiger partial charge < -0.3 is 0 Å². The zero-order chi connectivity index (χ0) is 13.6. The van der Waals surface area contributed by atoms with Crippen LogP contribution in [0.4, 0.5) is 0 Å². The van der Waals surface area contributed by atoms with Gasteiger partial charge in [0.05, 0.1) is 4.90 Å². The van der Waals surface area contributed by atoms with E-state index in [4.69, 9.17) is 0 Å². The molecule has 0 bridgehead atoms. The summed E-state index contributed by atoms with van der Waals surface area (Å²) in [5, 5.41) is 3.98. The Hall–Kier alpha value is -1.36. The lowest BCUT2D eigenvalue weighted by Crippen LogP contribution is -2.20. The van der Waals surface area contributed by atoms with E-state index in [-0.39, 0.29) is 4.90 Å². The minimum Gasteiger partial charge on any atom is -0.200 e. The van der Waals surface area contributed by atoms with Gasteiger partial charge in [-0.1, -0.05) is 38.0 Å². The fourth-order valence-corrected chi connectivity index (χ4v) is 2.34. The molecule has 0 radical (unpaired) electrons. The van der Waals surface area contributed by atoms with Crippen molar-refractivity contribution in [3.8, 4) is 0 Å². The highest BCUT2D eigenvalue weighted by Crippen LogP contribution is 2.10. The van der Waals surface area contributed by atoms with Crippen molar-refractivity contribution in [2.45, 2.75) is 44.9 Å². The van der Waals surface area contributed by atoms with Crippen molar-refractivity contribution < 1.29 is 8.42 Å². The number of rotatable bonds is 6. The summed E-state index contributed by atoms with van der Waals surface area (Å²) in [5.74, 6) is 0. The second-order valence-electron chi connectivity index (χ2n) is 4.19. The van der Waals surface area contributed by atoms with Gasteiger partial charge in [0.1, 0.15) is 0 Å². The lowest BCUT2D eigenvalue weighted by atomic mass is 10.2. The summed E-state index contributed by atoms with van der Waals surface area (Å²) in [6, 6.07) is 6.70. The molecule has 1 rings (SSSR count). The zero-order valence-electron chi connectivity index (χ0n) is 11.1. The highest BCUT2D eigenvalue weighted by molar-refractivity contribution is 7.89. The molecule has 0 unspecified atom stereocenters. The highest BCUT2D eigenvalue weighted by Gasteiger charge is 2.12. The first-order valence-corrected chi connectivity index (χ1v) is 7.61. The Morgan fingerprint density at radius 3 is 2.33 bits per heavy atom. The number of hydrazone groups is 1. The molecule has 18 heavy (non-hydrogen) atoms. The number of nitrogens with zero attached hydrogens (tertiary/aromatic N) is 1. The van der Waals surface area contributed by atoms with E-state index >= 15 is 0 Å². The van der Waals surface area contributed by atoms with Crippen LogP contribution in [0.2, 0.25) is 0 Å². The fourth-order valence-electron chi connectivity index (χ4n) is 1.50. The molecule has 0 heterocycles. The lowest BCUT2D eigenvalue weighted by molar-refractivity contribution is 0.584. The van der Waals surface area contributed by atoms with Gasteiger partial charge in [0.25, 0.3) is 10.0 Å². The summed E-state index contributed by atoms with van der Waals surface area (Å²) in [7, 11) is -3.54. The van der Waals surface area contributed by atoms with Crippen LogP contribution in [0.1, 0.15) is 38.7 Å². The maximum Gasteiger partial charge on any atom is 0.276 e. The minimum absolute atomic E-state index is 0.240. The predicted octanol–water partition coefficient (Wildman–Crippen LogP) is 2.84. The zero-order valence-corrected chi connectivity index (χ0v) is 11.9. The third-order valence-electron chi connectivity index (χ3n) is 2.60. The van der Waals surface area contributed by atoms with Gasteiger partial charge in [0.2, 0.25) is 0 Å². The van der Waals surface area contributed by atoms with Crippen molar-refractivity contribution in [1.29, 1.82) is 0 Å². The second-order valence-corrected chi connectivity index (χ2v) is 5.85. The smallest absolute Gasteiger partial charge is 0.200 e. The summed E-state index contributed by atoms with van der Waals surface area (Å²) < 4.78 is 23.9. The van der Waals surface area contributed by atoms with Gasteiger partial charge >= 0.3 is 0 Å². The lowest BCUT2D eigenvalue weighted by Gasteiger charge is -2.06. The van der Waals surface area contributed by atoms with E-state index < -0.39 is 10.0 Å². The van der Waals surface area contributed by atoms with Crippen LogP contribution in [0.25, 0.3) is 0 Å². The van der Waals surface area contributed by atoms with Crippen LogP contribution in [-0.4, -0.2) is 14.1 Å². The van der Waals surface area contributed by atoms with Gasteiger partial charge in [0, 0.05) is 5.71 Å². The molecule has 1 N–H and O–H groups in total. The number of hydrogen-bond donors (Lipinski definition) is 1. The van der Waals surface area contributed by atoms with E-state index in [1.54, 1.807) is 24.3 Å². The molecule has 4 nitrogen and oxygen atoms in total. The Kier molecular flexibility index (Phi) is 5.34. The molecule has 0 spiro atoms. The van der Waals surface area contributed by atoms with Gasteiger partial charge in [0.15, 0.2) is 0 Å². The fraction of sp³-hybridized carbons (Fsp3) is 0.462. The predicted molar refractivity (Wildman–Crippen MR) is 74.1 cm³/mol. The van der Waals surface area contributed by atoms with Gasteiger partial charge in [-0.25, -0.2) is 4.83 Å². The van der Waals surface area contributed by atoms with Crippen LogP contribution >= 0.6 is 0 Å². The first-order valence-electron chi connectivity index (χ1n) is 6.13. The maximum atomic E-state index is 11.9. The molecule has 1 aromatic rings. The van der Waals surface area contributed by atoms with E-state index in [1.807, 2.05) is 20.8 Å². The number of sulfonamides is 1. The third-order valence-corrected chi connectivity index (χ3v) is 3.83. The number of aryl methyl sites for hydroxylation is 1. The van der Waals surface area contributed by atoms with Crippen molar-refractivity contribution in [3.63, 3.8) is 0 Å². The Labute approximate surface area is 109 Å². The van der Waals surface area contributed by atoms with Gasteiger partial charge in [-0.2, -0.15) is 13.5 Å². The summed E-state index contributed by atoms with van der Waals surface area (Å²) >= 11 is 0. The molecule has 0 aliphatic rings. The summed E-state index contributed by atoms with van der Waals surface area (Å²) in [6.45, 7) is 5.92. The molecule has 0 atom stereocenters. The minimum atomic E-state index is -3.54. The van der Waals surface area contributed by atoms with Crippen molar-refractivity contribution in [2.24, 2.45) is 5.10 Å². The normalized spacial score (nSPS) is 12.5. The summed E-state index contributed by atoms with van der Waals surface area (Å²) in [4.78, 5) is 2.53. The largest absolute Gasteiger partial charge is 0.276 e. The van der Waals surface area contributed by atoms with E-state index in [0.717, 1.165) is 30.5 Å². The van der Waals surface area contributed by atoms with Crippen molar-refractivity contribution in [3.05, 3.63) is 29.8 Å². The SMILES string of the molecule is CCCC(CC)=NNS(=O)(=O)c1ccc(C)cc1. The maximum absolute atomic E-state index is 11.9. The Morgan fingerprint density at radius 1 is 1.22 bits per heavy atom. The van der Waals surface area contributed by atoms with Gasteiger partial charge in [-0.3, -0.25) is 0 Å². The van der Waals surface area contributed by atoms with Gasteiger partial charge in [-0.15, -0.1) is 0 Å². The van der Waals surface area contributed by atoms with E-state index in [9.17, 15) is 8.42 Å². The molecule has 0 fully saturated rings. The monoisotopic (exact) mass is 268 g/mol. The Balaban J connectivity index is 2.85. The molecule has 100 valence electrons. The average Bonchev–Trinajstić information content (AvgIpc) is 2.35. The van der Waals surface area contributed by atoms with E-state index in [1.165, 1.54) is 0 Å². The standard InChI is InChI=1S/C13H20N2O2S/c1-4-6-12(5-2)14-15-18(16,17)13-9-7-11(3)8-10-13/h7-10,15H,4-6H2,1-3H3. The molecular weight excluding hydrogens is 248 g/mol.